The van der Waals surface area contributed by atoms with Gasteiger partial charge in [0.1, 0.15) is 24.6 Å². The molecule has 1 aliphatic carbocycles. The molecule has 34 heavy (non-hydrogen) atoms. The molecule has 8 nitrogen and oxygen atoms in total. The quantitative estimate of drug-likeness (QED) is 0.560. The number of nitrogens with one attached hydrogen (secondary N) is 1. The maximum absolute atomic E-state index is 6.38. The lowest BCUT2D eigenvalue weighted by molar-refractivity contribution is -0.190. The van der Waals surface area contributed by atoms with Gasteiger partial charge in [0.05, 0.1) is 11.3 Å². The third-order valence-electron chi connectivity index (χ3n) is 6.58. The highest BCUT2D eigenvalue weighted by atomic mass is 35.5. The summed E-state index contributed by atoms with van der Waals surface area (Å²) in [5, 5.41) is 4.14. The van der Waals surface area contributed by atoms with Crippen molar-refractivity contribution in [2.45, 2.75) is 75.9 Å². The molecule has 2 aliphatic heterocycles. The standard InChI is InChI=1S/C25H26ClN5O3/c1-25(2)33-20-18(12-11-15-7-3-6-10-17(15)26)32-24(21(20)34-25)31-14-29-19-22(27-13-28-23(19)31)30-16-8-4-5-9-16/h3,6-7,10,13-14,16,18,20-21,24H,4-5,8-9H2,1-2H3,(H,27,28,30). The Morgan fingerprint density at radius 1 is 1.09 bits per heavy atom. The van der Waals surface area contributed by atoms with Gasteiger partial charge in [-0.1, -0.05) is 48.4 Å². The maximum atomic E-state index is 6.38. The van der Waals surface area contributed by atoms with Crippen molar-refractivity contribution in [1.29, 1.82) is 0 Å². The van der Waals surface area contributed by atoms with Gasteiger partial charge in [-0.05, 0) is 38.8 Å². The molecule has 1 aromatic carbocycles. The zero-order chi connectivity index (χ0) is 23.3. The Kier molecular flexibility index (Phi) is 5.46. The molecule has 4 atom stereocenters. The van der Waals surface area contributed by atoms with Crippen molar-refractivity contribution in [2.75, 3.05) is 5.32 Å². The summed E-state index contributed by atoms with van der Waals surface area (Å²) < 4.78 is 20.7. The molecule has 3 aromatic rings. The van der Waals surface area contributed by atoms with Gasteiger partial charge in [-0.25, -0.2) is 15.0 Å². The van der Waals surface area contributed by atoms with Crippen LogP contribution < -0.4 is 5.32 Å². The molecule has 176 valence electrons. The van der Waals surface area contributed by atoms with E-state index in [1.807, 2.05) is 42.7 Å². The van der Waals surface area contributed by atoms with E-state index in [2.05, 4.69) is 32.1 Å². The first-order chi connectivity index (χ1) is 16.5. The summed E-state index contributed by atoms with van der Waals surface area (Å²) in [6, 6.07) is 7.91. The van der Waals surface area contributed by atoms with Gasteiger partial charge in [0, 0.05) is 11.6 Å². The first kappa shape index (κ1) is 21.8. The van der Waals surface area contributed by atoms with Crippen molar-refractivity contribution >= 4 is 28.6 Å². The highest BCUT2D eigenvalue weighted by Gasteiger charge is 2.56. The van der Waals surface area contributed by atoms with Crippen LogP contribution in [0.3, 0.4) is 0 Å². The van der Waals surface area contributed by atoms with E-state index < -0.39 is 18.1 Å². The molecule has 1 saturated carbocycles. The van der Waals surface area contributed by atoms with Crippen molar-refractivity contribution in [1.82, 2.24) is 19.5 Å². The van der Waals surface area contributed by atoms with Crippen molar-refractivity contribution in [3.8, 4) is 11.8 Å². The van der Waals surface area contributed by atoms with Crippen LogP contribution in [0.1, 0.15) is 51.3 Å². The van der Waals surface area contributed by atoms with E-state index >= 15 is 0 Å². The topological polar surface area (TPSA) is 83.3 Å². The van der Waals surface area contributed by atoms with Gasteiger partial charge in [0.15, 0.2) is 29.0 Å². The number of rotatable bonds is 3. The monoisotopic (exact) mass is 479 g/mol. The molecule has 0 spiro atoms. The molecule has 6 rings (SSSR count). The highest BCUT2D eigenvalue weighted by Crippen LogP contribution is 2.43. The largest absolute Gasteiger partial charge is 0.365 e. The second-order valence-electron chi connectivity index (χ2n) is 9.43. The van der Waals surface area contributed by atoms with Gasteiger partial charge < -0.3 is 19.5 Å². The van der Waals surface area contributed by atoms with Crippen LogP contribution in [0.25, 0.3) is 11.2 Å². The molecular weight excluding hydrogens is 454 g/mol. The van der Waals surface area contributed by atoms with Crippen molar-refractivity contribution in [3.05, 3.63) is 47.5 Å². The Bertz CT molecular complexity index is 1280. The molecule has 0 radical (unpaired) electrons. The lowest BCUT2D eigenvalue weighted by Gasteiger charge is -2.23. The fraction of sp³-hybridized carbons (Fsp3) is 0.480. The van der Waals surface area contributed by atoms with E-state index in [1.165, 1.54) is 12.8 Å². The van der Waals surface area contributed by atoms with Crippen LogP contribution in [0, 0.1) is 11.8 Å². The SMILES string of the molecule is CC1(C)OC2C(C#Cc3ccccc3Cl)OC(n3cnc4c(NC5CCCC5)ncnc43)C2O1. The van der Waals surface area contributed by atoms with E-state index in [0.717, 1.165) is 29.7 Å². The van der Waals surface area contributed by atoms with Gasteiger partial charge >= 0.3 is 0 Å². The van der Waals surface area contributed by atoms with Gasteiger partial charge in [0.25, 0.3) is 0 Å². The minimum Gasteiger partial charge on any atom is -0.365 e. The molecule has 2 saturated heterocycles. The predicted molar refractivity (Wildman–Crippen MR) is 127 cm³/mol. The van der Waals surface area contributed by atoms with Crippen molar-refractivity contribution in [2.24, 2.45) is 0 Å². The summed E-state index contributed by atoms with van der Waals surface area (Å²) in [5.41, 5.74) is 2.15. The van der Waals surface area contributed by atoms with Gasteiger partial charge in [-0.2, -0.15) is 0 Å². The summed E-state index contributed by atoms with van der Waals surface area (Å²) in [6.45, 7) is 3.80. The average molecular weight is 480 g/mol. The second-order valence-corrected chi connectivity index (χ2v) is 9.84. The van der Waals surface area contributed by atoms with E-state index in [0.29, 0.717) is 16.7 Å². The van der Waals surface area contributed by atoms with Crippen LogP contribution in [0.2, 0.25) is 5.02 Å². The molecule has 3 aliphatic rings. The van der Waals surface area contributed by atoms with Gasteiger partial charge in [-0.3, -0.25) is 4.57 Å². The summed E-state index contributed by atoms with van der Waals surface area (Å²) in [6.07, 6.45) is 6.37. The first-order valence-electron chi connectivity index (χ1n) is 11.7. The van der Waals surface area contributed by atoms with Crippen LogP contribution in [0.4, 0.5) is 5.82 Å². The van der Waals surface area contributed by atoms with Crippen LogP contribution in [-0.2, 0) is 14.2 Å². The summed E-state index contributed by atoms with van der Waals surface area (Å²) in [7, 11) is 0. The van der Waals surface area contributed by atoms with Crippen LogP contribution in [0.5, 0.6) is 0 Å². The fourth-order valence-electron chi connectivity index (χ4n) is 5.04. The van der Waals surface area contributed by atoms with E-state index in [-0.39, 0.29) is 12.2 Å². The first-order valence-corrected chi connectivity index (χ1v) is 12.1. The number of anilines is 1. The lowest BCUT2D eigenvalue weighted by Crippen LogP contribution is -2.28. The smallest absolute Gasteiger partial charge is 0.167 e. The molecule has 3 fully saturated rings. The van der Waals surface area contributed by atoms with Crippen LogP contribution >= 0.6 is 11.6 Å². The van der Waals surface area contributed by atoms with Crippen molar-refractivity contribution < 1.29 is 14.2 Å². The molecule has 0 bridgehead atoms. The average Bonchev–Trinajstić information content (AvgIpc) is 3.58. The Balaban J connectivity index is 1.33. The Morgan fingerprint density at radius 3 is 2.71 bits per heavy atom. The van der Waals surface area contributed by atoms with Gasteiger partial charge in [0.2, 0.25) is 0 Å². The molecule has 9 heteroatoms. The summed E-state index contributed by atoms with van der Waals surface area (Å²) >= 11 is 6.29. The number of fused-ring (bicyclic) bond motifs is 2. The number of nitrogens with zero attached hydrogens (tertiary/aromatic N) is 4. The normalized spacial score (nSPS) is 28.1. The molecule has 4 unspecified atom stereocenters. The minimum absolute atomic E-state index is 0.356. The number of imidazole rings is 1. The van der Waals surface area contributed by atoms with E-state index in [1.54, 1.807) is 12.7 Å². The highest BCUT2D eigenvalue weighted by molar-refractivity contribution is 6.31. The van der Waals surface area contributed by atoms with E-state index in [4.69, 9.17) is 25.8 Å². The summed E-state index contributed by atoms with van der Waals surface area (Å²) in [4.78, 5) is 13.6. The Morgan fingerprint density at radius 2 is 1.88 bits per heavy atom. The zero-order valence-corrected chi connectivity index (χ0v) is 19.8. The van der Waals surface area contributed by atoms with Crippen LogP contribution in [0.15, 0.2) is 36.9 Å². The molecule has 1 N–H and O–H groups in total. The van der Waals surface area contributed by atoms with Gasteiger partial charge in [-0.15, -0.1) is 0 Å². The van der Waals surface area contributed by atoms with E-state index in [9.17, 15) is 0 Å². The maximum Gasteiger partial charge on any atom is 0.167 e. The predicted octanol–water partition coefficient (Wildman–Crippen LogP) is 4.30. The number of benzene rings is 1. The Hall–Kier alpha value is -2.70. The fourth-order valence-corrected chi connectivity index (χ4v) is 5.22. The molecular formula is C25H26ClN5O3. The Labute approximate surface area is 203 Å². The number of halogens is 1. The second kappa shape index (κ2) is 8.51. The number of ether oxygens (including phenoxy) is 3. The molecule has 4 heterocycles. The zero-order valence-electron chi connectivity index (χ0n) is 19.1. The lowest BCUT2D eigenvalue weighted by atomic mass is 10.1. The third-order valence-corrected chi connectivity index (χ3v) is 6.91. The number of hydrogen-bond donors (Lipinski definition) is 1. The molecule has 0 amide bonds. The minimum atomic E-state index is -0.748. The number of hydrogen-bond acceptors (Lipinski definition) is 7. The molecule has 2 aromatic heterocycles. The number of aromatic nitrogens is 4. The van der Waals surface area contributed by atoms with Crippen LogP contribution in [-0.4, -0.2) is 49.7 Å². The summed E-state index contributed by atoms with van der Waals surface area (Å²) in [5.74, 6) is 6.36. The third kappa shape index (κ3) is 3.93. The van der Waals surface area contributed by atoms with Crippen molar-refractivity contribution in [3.63, 3.8) is 0 Å².